The van der Waals surface area contributed by atoms with Gasteiger partial charge in [0.25, 0.3) is 0 Å². The van der Waals surface area contributed by atoms with Crippen LogP contribution >= 0.6 is 0 Å². The van der Waals surface area contributed by atoms with Crippen LogP contribution in [0.3, 0.4) is 0 Å². The lowest BCUT2D eigenvalue weighted by atomic mass is 10.1. The number of hydrogen-bond acceptors (Lipinski definition) is 3. The van der Waals surface area contributed by atoms with Gasteiger partial charge in [0.2, 0.25) is 0 Å². The zero-order valence-corrected chi connectivity index (χ0v) is 14.9. The fourth-order valence-corrected chi connectivity index (χ4v) is 2.85. The summed E-state index contributed by atoms with van der Waals surface area (Å²) >= 11 is 0. The van der Waals surface area contributed by atoms with Crippen LogP contribution in [0, 0.1) is 6.92 Å². The Morgan fingerprint density at radius 3 is 2.83 bits per heavy atom. The van der Waals surface area contributed by atoms with Gasteiger partial charge in [0.15, 0.2) is 0 Å². The van der Waals surface area contributed by atoms with Crippen LogP contribution in [0.15, 0.2) is 24.3 Å². The number of carbonyl (C=O) groups is 1. The molecular weight excluding hydrogens is 304 g/mol. The summed E-state index contributed by atoms with van der Waals surface area (Å²) in [5.41, 5.74) is 1.23. The number of amides is 2. The molecule has 24 heavy (non-hydrogen) atoms. The maximum atomic E-state index is 12.2. The standard InChI is InChI=1S/C19H30N2O3/c1-3-23-18-7-6-13-21(15-18)19(22)20-12-4-5-14-24-17-10-8-16(2)9-11-17/h8-11,18H,3-7,12-15H2,1-2H3,(H,20,22). The first-order chi connectivity index (χ1) is 11.7. The highest BCUT2D eigenvalue weighted by atomic mass is 16.5. The summed E-state index contributed by atoms with van der Waals surface area (Å²) in [6.07, 6.45) is 4.10. The van der Waals surface area contributed by atoms with E-state index in [2.05, 4.69) is 12.2 Å². The Balaban J connectivity index is 1.55. The van der Waals surface area contributed by atoms with E-state index < -0.39 is 0 Å². The largest absolute Gasteiger partial charge is 0.494 e. The summed E-state index contributed by atoms with van der Waals surface area (Å²) < 4.78 is 11.3. The SMILES string of the molecule is CCOC1CCCN(C(=O)NCCCCOc2ccc(C)cc2)C1. The Morgan fingerprint density at radius 1 is 1.29 bits per heavy atom. The molecule has 0 bridgehead atoms. The van der Waals surface area contributed by atoms with Crippen molar-refractivity contribution in [3.8, 4) is 5.75 Å². The van der Waals surface area contributed by atoms with Crippen LogP contribution in [0.5, 0.6) is 5.75 Å². The minimum Gasteiger partial charge on any atom is -0.494 e. The van der Waals surface area contributed by atoms with Gasteiger partial charge in [0, 0.05) is 26.2 Å². The van der Waals surface area contributed by atoms with Crippen molar-refractivity contribution in [1.82, 2.24) is 10.2 Å². The molecule has 0 saturated carbocycles. The summed E-state index contributed by atoms with van der Waals surface area (Å²) in [6, 6.07) is 8.09. The van der Waals surface area contributed by atoms with Gasteiger partial charge < -0.3 is 19.7 Å². The van der Waals surface area contributed by atoms with Crippen molar-refractivity contribution in [3.05, 3.63) is 29.8 Å². The Hall–Kier alpha value is -1.75. The molecule has 134 valence electrons. The fourth-order valence-electron chi connectivity index (χ4n) is 2.85. The minimum absolute atomic E-state index is 0.0267. The highest BCUT2D eigenvalue weighted by Crippen LogP contribution is 2.13. The lowest BCUT2D eigenvalue weighted by molar-refractivity contribution is 0.0165. The van der Waals surface area contributed by atoms with Gasteiger partial charge in [0.05, 0.1) is 12.7 Å². The van der Waals surface area contributed by atoms with Gasteiger partial charge >= 0.3 is 6.03 Å². The number of ether oxygens (including phenoxy) is 2. The Kier molecular flexibility index (Phi) is 7.89. The number of nitrogens with one attached hydrogen (secondary N) is 1. The van der Waals surface area contributed by atoms with Gasteiger partial charge in [-0.25, -0.2) is 4.79 Å². The predicted molar refractivity (Wildman–Crippen MR) is 95.5 cm³/mol. The van der Waals surface area contributed by atoms with Gasteiger partial charge in [-0.1, -0.05) is 17.7 Å². The number of piperidine rings is 1. The normalized spacial score (nSPS) is 17.6. The second kappa shape index (κ2) is 10.2. The maximum Gasteiger partial charge on any atom is 0.317 e. The average Bonchev–Trinajstić information content (AvgIpc) is 2.60. The lowest BCUT2D eigenvalue weighted by Gasteiger charge is -2.32. The molecule has 1 aliphatic rings. The van der Waals surface area contributed by atoms with Crippen LogP contribution in [0.1, 0.15) is 38.2 Å². The van der Waals surface area contributed by atoms with E-state index in [4.69, 9.17) is 9.47 Å². The third-order valence-electron chi connectivity index (χ3n) is 4.20. The van der Waals surface area contributed by atoms with Crippen LogP contribution in [-0.4, -0.2) is 49.9 Å². The molecule has 1 saturated heterocycles. The quantitative estimate of drug-likeness (QED) is 0.742. The second-order valence-electron chi connectivity index (χ2n) is 6.27. The third kappa shape index (κ3) is 6.40. The molecule has 1 aliphatic heterocycles. The number of urea groups is 1. The number of benzene rings is 1. The summed E-state index contributed by atoms with van der Waals surface area (Å²) in [6.45, 7) is 7.66. The first-order valence-corrected chi connectivity index (χ1v) is 9.03. The monoisotopic (exact) mass is 334 g/mol. The summed E-state index contributed by atoms with van der Waals surface area (Å²) in [7, 11) is 0. The van der Waals surface area contributed by atoms with Crippen LogP contribution < -0.4 is 10.1 Å². The van der Waals surface area contributed by atoms with Crippen molar-refractivity contribution in [2.75, 3.05) is 32.8 Å². The molecule has 0 aromatic heterocycles. The number of likely N-dealkylation sites (tertiary alicyclic amines) is 1. The molecule has 5 nitrogen and oxygen atoms in total. The highest BCUT2D eigenvalue weighted by Gasteiger charge is 2.23. The summed E-state index contributed by atoms with van der Waals surface area (Å²) in [4.78, 5) is 14.0. The molecule has 1 aromatic carbocycles. The van der Waals surface area contributed by atoms with Crippen molar-refractivity contribution in [2.24, 2.45) is 0 Å². The number of carbonyl (C=O) groups excluding carboxylic acids is 1. The highest BCUT2D eigenvalue weighted by molar-refractivity contribution is 5.74. The molecule has 1 unspecified atom stereocenters. The molecule has 0 spiro atoms. The lowest BCUT2D eigenvalue weighted by Crippen LogP contribution is -2.48. The molecule has 2 rings (SSSR count). The van der Waals surface area contributed by atoms with Crippen molar-refractivity contribution in [2.45, 2.75) is 45.6 Å². The molecule has 1 heterocycles. The van der Waals surface area contributed by atoms with Crippen molar-refractivity contribution in [3.63, 3.8) is 0 Å². The van der Waals surface area contributed by atoms with Crippen LogP contribution in [-0.2, 0) is 4.74 Å². The minimum atomic E-state index is 0.0267. The molecular formula is C19H30N2O3. The van der Waals surface area contributed by atoms with Crippen LogP contribution in [0.25, 0.3) is 0 Å². The Morgan fingerprint density at radius 2 is 2.08 bits per heavy atom. The number of aryl methyl sites for hydroxylation is 1. The van der Waals surface area contributed by atoms with E-state index in [0.29, 0.717) is 26.3 Å². The molecule has 0 aliphatic carbocycles. The molecule has 2 amide bonds. The Labute approximate surface area is 145 Å². The molecule has 0 radical (unpaired) electrons. The Bertz CT molecular complexity index is 488. The predicted octanol–water partition coefficient (Wildman–Crippen LogP) is 3.36. The number of rotatable bonds is 8. The van der Waals surface area contributed by atoms with Crippen molar-refractivity contribution < 1.29 is 14.3 Å². The first-order valence-electron chi connectivity index (χ1n) is 9.03. The van der Waals surface area contributed by atoms with E-state index in [1.54, 1.807) is 0 Å². The average molecular weight is 334 g/mol. The van der Waals surface area contributed by atoms with Gasteiger partial charge in [-0.3, -0.25) is 0 Å². The smallest absolute Gasteiger partial charge is 0.317 e. The van der Waals surface area contributed by atoms with Gasteiger partial charge in [-0.2, -0.15) is 0 Å². The van der Waals surface area contributed by atoms with E-state index in [1.165, 1.54) is 5.56 Å². The zero-order chi connectivity index (χ0) is 17.2. The summed E-state index contributed by atoms with van der Waals surface area (Å²) in [5.74, 6) is 0.903. The molecule has 1 aromatic rings. The van der Waals surface area contributed by atoms with E-state index >= 15 is 0 Å². The van der Waals surface area contributed by atoms with E-state index in [0.717, 1.165) is 38.0 Å². The third-order valence-corrected chi connectivity index (χ3v) is 4.20. The molecule has 5 heteroatoms. The van der Waals surface area contributed by atoms with Gasteiger partial charge in [-0.05, 0) is 51.7 Å². The number of nitrogens with zero attached hydrogens (tertiary/aromatic N) is 1. The first kappa shape index (κ1) is 18.6. The van der Waals surface area contributed by atoms with Gasteiger partial charge in [0.1, 0.15) is 5.75 Å². The van der Waals surface area contributed by atoms with Crippen molar-refractivity contribution >= 4 is 6.03 Å². The molecule has 1 fully saturated rings. The maximum absolute atomic E-state index is 12.2. The molecule has 1 atom stereocenters. The number of unbranched alkanes of at least 4 members (excludes halogenated alkanes) is 1. The second-order valence-corrected chi connectivity index (χ2v) is 6.27. The van der Waals surface area contributed by atoms with Crippen molar-refractivity contribution in [1.29, 1.82) is 0 Å². The van der Waals surface area contributed by atoms with E-state index in [-0.39, 0.29) is 12.1 Å². The van der Waals surface area contributed by atoms with Gasteiger partial charge in [-0.15, -0.1) is 0 Å². The fraction of sp³-hybridized carbons (Fsp3) is 0.632. The zero-order valence-electron chi connectivity index (χ0n) is 14.9. The van der Waals surface area contributed by atoms with E-state index in [1.807, 2.05) is 36.1 Å². The molecule has 1 N–H and O–H groups in total. The summed E-state index contributed by atoms with van der Waals surface area (Å²) in [5, 5.41) is 3.00. The van der Waals surface area contributed by atoms with E-state index in [9.17, 15) is 4.79 Å². The topological polar surface area (TPSA) is 50.8 Å². The number of hydrogen-bond donors (Lipinski definition) is 1. The van der Waals surface area contributed by atoms with Crippen LogP contribution in [0.4, 0.5) is 4.79 Å². The van der Waals surface area contributed by atoms with Crippen LogP contribution in [0.2, 0.25) is 0 Å².